The van der Waals surface area contributed by atoms with Crippen molar-refractivity contribution in [1.82, 2.24) is 0 Å². The first-order valence-corrected chi connectivity index (χ1v) is 7.68. The lowest BCUT2D eigenvalue weighted by molar-refractivity contribution is 0.324. The van der Waals surface area contributed by atoms with Crippen molar-refractivity contribution in [1.29, 1.82) is 0 Å². The van der Waals surface area contributed by atoms with Gasteiger partial charge in [-0.3, -0.25) is 0 Å². The lowest BCUT2D eigenvalue weighted by Crippen LogP contribution is -1.95. The Morgan fingerprint density at radius 1 is 0.667 bits per heavy atom. The molecule has 0 aliphatic carbocycles. The molecule has 128 valence electrons. The quantitative estimate of drug-likeness (QED) is 0.731. The maximum absolute atomic E-state index is 5.39. The topological polar surface area (TPSA) is 36.9 Å². The Kier molecular flexibility index (Phi) is 5.74. The van der Waals surface area contributed by atoms with Gasteiger partial charge in [0.2, 0.25) is 5.75 Å². The standard InChI is InChI=1S/C20H24O4/c1-13-14(2)17(21-3)10-9-16(13)8-7-15-11-18(22-4)20(24-6)19(12-15)23-5/h7-12H,1-6H3/b8-7+. The maximum Gasteiger partial charge on any atom is 0.203 e. The van der Waals surface area contributed by atoms with Gasteiger partial charge in [-0.2, -0.15) is 0 Å². The minimum atomic E-state index is 0.591. The third-order valence-electron chi connectivity index (χ3n) is 4.14. The third kappa shape index (κ3) is 3.48. The van der Waals surface area contributed by atoms with Gasteiger partial charge in [-0.05, 0) is 54.3 Å². The molecule has 0 spiro atoms. The highest BCUT2D eigenvalue weighted by Gasteiger charge is 2.12. The van der Waals surface area contributed by atoms with E-state index in [1.807, 2.05) is 24.3 Å². The summed E-state index contributed by atoms with van der Waals surface area (Å²) in [5.74, 6) is 2.77. The molecule has 2 rings (SSSR count). The molecule has 4 nitrogen and oxygen atoms in total. The van der Waals surface area contributed by atoms with Crippen LogP contribution in [0.5, 0.6) is 23.0 Å². The highest BCUT2D eigenvalue weighted by molar-refractivity contribution is 5.74. The van der Waals surface area contributed by atoms with E-state index in [0.717, 1.165) is 22.4 Å². The monoisotopic (exact) mass is 328 g/mol. The minimum absolute atomic E-state index is 0.591. The Bertz CT molecular complexity index is 723. The number of ether oxygens (including phenoxy) is 4. The van der Waals surface area contributed by atoms with Gasteiger partial charge in [0, 0.05) is 0 Å². The molecular weight excluding hydrogens is 304 g/mol. The van der Waals surface area contributed by atoms with E-state index < -0.39 is 0 Å². The van der Waals surface area contributed by atoms with Crippen molar-refractivity contribution in [3.05, 3.63) is 46.5 Å². The summed E-state index contributed by atoms with van der Waals surface area (Å²) in [7, 11) is 6.51. The van der Waals surface area contributed by atoms with E-state index in [2.05, 4.69) is 26.0 Å². The van der Waals surface area contributed by atoms with Gasteiger partial charge in [-0.15, -0.1) is 0 Å². The predicted molar refractivity (Wildman–Crippen MR) is 97.5 cm³/mol. The molecule has 0 bridgehead atoms. The smallest absolute Gasteiger partial charge is 0.203 e. The Morgan fingerprint density at radius 2 is 1.25 bits per heavy atom. The van der Waals surface area contributed by atoms with Crippen molar-refractivity contribution in [2.45, 2.75) is 13.8 Å². The fourth-order valence-electron chi connectivity index (χ4n) is 2.60. The van der Waals surface area contributed by atoms with Crippen molar-refractivity contribution in [2.75, 3.05) is 28.4 Å². The van der Waals surface area contributed by atoms with Gasteiger partial charge in [-0.1, -0.05) is 18.2 Å². The van der Waals surface area contributed by atoms with Crippen LogP contribution in [0.15, 0.2) is 24.3 Å². The largest absolute Gasteiger partial charge is 0.496 e. The van der Waals surface area contributed by atoms with Gasteiger partial charge in [-0.25, -0.2) is 0 Å². The molecule has 4 heteroatoms. The molecule has 0 unspecified atom stereocenters. The van der Waals surface area contributed by atoms with Crippen molar-refractivity contribution in [2.24, 2.45) is 0 Å². The van der Waals surface area contributed by atoms with E-state index in [4.69, 9.17) is 18.9 Å². The van der Waals surface area contributed by atoms with Crippen LogP contribution >= 0.6 is 0 Å². The fraction of sp³-hybridized carbons (Fsp3) is 0.300. The number of methoxy groups -OCH3 is 4. The second-order valence-corrected chi connectivity index (χ2v) is 5.40. The Morgan fingerprint density at radius 3 is 1.75 bits per heavy atom. The van der Waals surface area contributed by atoms with Crippen LogP contribution in [0, 0.1) is 13.8 Å². The normalized spacial score (nSPS) is 10.8. The first-order chi connectivity index (χ1) is 11.5. The van der Waals surface area contributed by atoms with Gasteiger partial charge in [0.15, 0.2) is 11.5 Å². The number of rotatable bonds is 6. The Hall–Kier alpha value is -2.62. The van der Waals surface area contributed by atoms with Gasteiger partial charge >= 0.3 is 0 Å². The Balaban J connectivity index is 2.41. The molecule has 2 aromatic rings. The highest BCUT2D eigenvalue weighted by atomic mass is 16.5. The summed E-state index contributed by atoms with van der Waals surface area (Å²) in [6, 6.07) is 7.87. The van der Waals surface area contributed by atoms with E-state index in [9.17, 15) is 0 Å². The zero-order valence-electron chi connectivity index (χ0n) is 15.1. The van der Waals surface area contributed by atoms with Gasteiger partial charge < -0.3 is 18.9 Å². The number of hydrogen-bond donors (Lipinski definition) is 0. The molecule has 0 saturated heterocycles. The van der Waals surface area contributed by atoms with Crippen LogP contribution in [0.3, 0.4) is 0 Å². The molecule has 0 aliphatic heterocycles. The van der Waals surface area contributed by atoms with E-state index in [1.54, 1.807) is 28.4 Å². The summed E-state index contributed by atoms with van der Waals surface area (Å²) in [5, 5.41) is 0. The van der Waals surface area contributed by atoms with Crippen LogP contribution in [-0.2, 0) is 0 Å². The molecule has 0 heterocycles. The lowest BCUT2D eigenvalue weighted by atomic mass is 10.0. The molecule has 0 N–H and O–H groups in total. The zero-order valence-corrected chi connectivity index (χ0v) is 15.1. The van der Waals surface area contributed by atoms with Gasteiger partial charge in [0.05, 0.1) is 28.4 Å². The van der Waals surface area contributed by atoms with Crippen molar-refractivity contribution in [3.8, 4) is 23.0 Å². The van der Waals surface area contributed by atoms with E-state index in [0.29, 0.717) is 17.2 Å². The van der Waals surface area contributed by atoms with E-state index in [1.165, 1.54) is 5.56 Å². The predicted octanol–water partition coefficient (Wildman–Crippen LogP) is 4.51. The zero-order chi connectivity index (χ0) is 17.7. The molecule has 2 aromatic carbocycles. The maximum atomic E-state index is 5.39. The first kappa shape index (κ1) is 17.7. The number of hydrogen-bond acceptors (Lipinski definition) is 4. The summed E-state index contributed by atoms with van der Waals surface area (Å²) in [4.78, 5) is 0. The third-order valence-corrected chi connectivity index (χ3v) is 4.14. The lowest BCUT2D eigenvalue weighted by Gasteiger charge is -2.13. The first-order valence-electron chi connectivity index (χ1n) is 7.68. The van der Waals surface area contributed by atoms with Crippen LogP contribution in [0.25, 0.3) is 12.2 Å². The average Bonchev–Trinajstić information content (AvgIpc) is 2.61. The van der Waals surface area contributed by atoms with Crippen LogP contribution in [-0.4, -0.2) is 28.4 Å². The average molecular weight is 328 g/mol. The van der Waals surface area contributed by atoms with Crippen LogP contribution in [0.4, 0.5) is 0 Å². The van der Waals surface area contributed by atoms with Gasteiger partial charge in [0.25, 0.3) is 0 Å². The minimum Gasteiger partial charge on any atom is -0.496 e. The summed E-state index contributed by atoms with van der Waals surface area (Å²) in [6.45, 7) is 4.15. The van der Waals surface area contributed by atoms with Crippen LogP contribution in [0.1, 0.15) is 22.3 Å². The van der Waals surface area contributed by atoms with E-state index >= 15 is 0 Å². The Labute approximate surface area is 143 Å². The molecule has 0 amide bonds. The second kappa shape index (κ2) is 7.77. The van der Waals surface area contributed by atoms with Crippen molar-refractivity contribution in [3.63, 3.8) is 0 Å². The summed E-state index contributed by atoms with van der Waals surface area (Å²) in [6.07, 6.45) is 4.10. The summed E-state index contributed by atoms with van der Waals surface area (Å²) >= 11 is 0. The highest BCUT2D eigenvalue weighted by Crippen LogP contribution is 2.38. The molecule has 0 fully saturated rings. The van der Waals surface area contributed by atoms with Crippen LogP contribution < -0.4 is 18.9 Å². The molecule has 24 heavy (non-hydrogen) atoms. The summed E-state index contributed by atoms with van der Waals surface area (Å²) < 4.78 is 21.5. The second-order valence-electron chi connectivity index (χ2n) is 5.40. The molecule has 0 atom stereocenters. The molecule has 0 aromatic heterocycles. The van der Waals surface area contributed by atoms with Crippen molar-refractivity contribution >= 4 is 12.2 Å². The molecule has 0 saturated carbocycles. The molecule has 0 radical (unpaired) electrons. The fourth-order valence-corrected chi connectivity index (χ4v) is 2.60. The van der Waals surface area contributed by atoms with Crippen LogP contribution in [0.2, 0.25) is 0 Å². The van der Waals surface area contributed by atoms with E-state index in [-0.39, 0.29) is 0 Å². The van der Waals surface area contributed by atoms with Crippen molar-refractivity contribution < 1.29 is 18.9 Å². The molecular formula is C20H24O4. The van der Waals surface area contributed by atoms with Gasteiger partial charge in [0.1, 0.15) is 5.75 Å². The summed E-state index contributed by atoms with van der Waals surface area (Å²) in [5.41, 5.74) is 4.45. The number of benzene rings is 2. The SMILES string of the molecule is COc1ccc(/C=C/c2cc(OC)c(OC)c(OC)c2)c(C)c1C. The molecule has 0 aliphatic rings.